The Labute approximate surface area is 117 Å². The second-order valence-corrected chi connectivity index (χ2v) is 5.34. The summed E-state index contributed by atoms with van der Waals surface area (Å²) in [6, 6.07) is 16.1. The molecule has 0 bridgehead atoms. The summed E-state index contributed by atoms with van der Waals surface area (Å²) in [6.07, 6.45) is 2.28. The van der Waals surface area contributed by atoms with Gasteiger partial charge in [0.15, 0.2) is 0 Å². The van der Waals surface area contributed by atoms with Gasteiger partial charge in [0.2, 0.25) is 0 Å². The maximum Gasteiger partial charge on any atom is 0.0406 e. The summed E-state index contributed by atoms with van der Waals surface area (Å²) in [4.78, 5) is 0. The summed E-state index contributed by atoms with van der Waals surface area (Å²) in [5, 5.41) is 1.57. The molecule has 2 aromatic carbocycles. The molecule has 0 fully saturated rings. The molecular weight excluding hydrogens is 263 g/mol. The summed E-state index contributed by atoms with van der Waals surface area (Å²) in [5.74, 6) is 0. The molecule has 2 aromatic rings. The van der Waals surface area contributed by atoms with Gasteiger partial charge in [-0.1, -0.05) is 47.5 Å². The van der Waals surface area contributed by atoms with Crippen molar-refractivity contribution < 1.29 is 0 Å². The minimum absolute atomic E-state index is 0.784. The van der Waals surface area contributed by atoms with E-state index in [-0.39, 0.29) is 0 Å². The van der Waals surface area contributed by atoms with Gasteiger partial charge in [0.1, 0.15) is 0 Å². The monoisotopic (exact) mass is 274 g/mol. The van der Waals surface area contributed by atoms with Crippen molar-refractivity contribution in [3.05, 3.63) is 69.7 Å². The summed E-state index contributed by atoms with van der Waals surface area (Å²) in [6.45, 7) is 0. The first kappa shape index (κ1) is 11.8. The molecule has 0 aromatic heterocycles. The van der Waals surface area contributed by atoms with Gasteiger partial charge in [-0.25, -0.2) is 0 Å². The molecule has 0 atom stereocenters. The molecule has 18 heavy (non-hydrogen) atoms. The van der Waals surface area contributed by atoms with Crippen LogP contribution in [-0.4, -0.2) is 0 Å². The van der Waals surface area contributed by atoms with E-state index < -0.39 is 0 Å². The van der Waals surface area contributed by atoms with E-state index in [0.717, 1.165) is 22.9 Å². The van der Waals surface area contributed by atoms with E-state index in [9.17, 15) is 0 Å². The van der Waals surface area contributed by atoms with Crippen molar-refractivity contribution in [2.75, 3.05) is 0 Å². The van der Waals surface area contributed by atoms with Gasteiger partial charge in [-0.2, -0.15) is 0 Å². The van der Waals surface area contributed by atoms with Crippen LogP contribution in [0.3, 0.4) is 0 Å². The molecular formula is C16H12Cl2. The summed E-state index contributed by atoms with van der Waals surface area (Å²) in [7, 11) is 0. The van der Waals surface area contributed by atoms with Crippen LogP contribution in [0.15, 0.2) is 48.5 Å². The summed E-state index contributed by atoms with van der Waals surface area (Å²) in [5.41, 5.74) is 5.40. The lowest BCUT2D eigenvalue weighted by atomic mass is 9.80. The molecule has 0 nitrogen and oxygen atoms in total. The van der Waals surface area contributed by atoms with E-state index in [1.54, 1.807) is 0 Å². The number of halogens is 2. The molecule has 0 radical (unpaired) electrons. The van der Waals surface area contributed by atoms with Crippen molar-refractivity contribution >= 4 is 34.3 Å². The first-order valence-electron chi connectivity index (χ1n) is 5.98. The van der Waals surface area contributed by atoms with Gasteiger partial charge in [-0.3, -0.25) is 0 Å². The Morgan fingerprint density at radius 1 is 0.556 bits per heavy atom. The van der Waals surface area contributed by atoms with Crippen LogP contribution < -0.4 is 0 Å². The van der Waals surface area contributed by atoms with Crippen molar-refractivity contribution in [3.8, 4) is 0 Å². The van der Waals surface area contributed by atoms with E-state index in [1.807, 2.05) is 24.3 Å². The third-order valence-corrected chi connectivity index (χ3v) is 3.88. The second kappa shape index (κ2) is 4.79. The van der Waals surface area contributed by atoms with Gasteiger partial charge in [-0.05, 0) is 59.4 Å². The second-order valence-electron chi connectivity index (χ2n) is 4.47. The molecule has 0 spiro atoms. The van der Waals surface area contributed by atoms with Crippen LogP contribution in [0, 0.1) is 0 Å². The average molecular weight is 275 g/mol. The van der Waals surface area contributed by atoms with Crippen LogP contribution in [0.1, 0.15) is 24.0 Å². The molecule has 90 valence electrons. The van der Waals surface area contributed by atoms with Gasteiger partial charge < -0.3 is 0 Å². The van der Waals surface area contributed by atoms with Gasteiger partial charge in [0.25, 0.3) is 0 Å². The quantitative estimate of drug-likeness (QED) is 0.659. The topological polar surface area (TPSA) is 0 Å². The molecule has 0 saturated carbocycles. The molecule has 0 heterocycles. The molecule has 0 saturated heterocycles. The zero-order valence-electron chi connectivity index (χ0n) is 9.79. The van der Waals surface area contributed by atoms with E-state index in [2.05, 4.69) is 24.3 Å². The maximum atomic E-state index is 5.92. The Morgan fingerprint density at radius 2 is 0.889 bits per heavy atom. The minimum Gasteiger partial charge on any atom is -0.0843 e. The highest BCUT2D eigenvalue weighted by atomic mass is 35.5. The van der Waals surface area contributed by atoms with E-state index in [4.69, 9.17) is 23.2 Å². The fourth-order valence-electron chi connectivity index (χ4n) is 2.31. The van der Waals surface area contributed by atoms with Crippen LogP contribution in [0.5, 0.6) is 0 Å². The lowest BCUT2D eigenvalue weighted by molar-refractivity contribution is 1.01. The third-order valence-electron chi connectivity index (χ3n) is 3.37. The number of hydrogen-bond donors (Lipinski definition) is 0. The Balaban J connectivity index is 1.99. The Morgan fingerprint density at radius 3 is 1.17 bits per heavy atom. The van der Waals surface area contributed by atoms with Crippen molar-refractivity contribution in [1.29, 1.82) is 0 Å². The normalized spacial score (nSPS) is 14.6. The van der Waals surface area contributed by atoms with Gasteiger partial charge in [0.05, 0.1) is 0 Å². The lowest BCUT2D eigenvalue weighted by Gasteiger charge is -2.25. The van der Waals surface area contributed by atoms with Crippen LogP contribution in [-0.2, 0) is 0 Å². The first-order valence-corrected chi connectivity index (χ1v) is 6.73. The fraction of sp³-hybridized carbons (Fsp3) is 0.125. The Hall–Kier alpha value is -1.24. The van der Waals surface area contributed by atoms with Crippen LogP contribution in [0.2, 0.25) is 10.0 Å². The molecule has 3 rings (SSSR count). The van der Waals surface area contributed by atoms with Crippen LogP contribution in [0.4, 0.5) is 0 Å². The minimum atomic E-state index is 0.784. The van der Waals surface area contributed by atoms with Crippen molar-refractivity contribution in [2.45, 2.75) is 12.8 Å². The molecule has 0 N–H and O–H groups in total. The molecule has 2 heteroatoms. The van der Waals surface area contributed by atoms with Crippen LogP contribution in [0.25, 0.3) is 11.1 Å². The standard InChI is InChI=1S/C16H12Cl2/c17-13-5-1-11(2-6-13)15-9-10-16(15)12-3-7-14(18)8-4-12/h1-8H,9-10H2. The van der Waals surface area contributed by atoms with E-state index >= 15 is 0 Å². The zero-order chi connectivity index (χ0) is 12.5. The fourth-order valence-corrected chi connectivity index (χ4v) is 2.57. The molecule has 0 aliphatic heterocycles. The first-order chi connectivity index (χ1) is 8.74. The Kier molecular flexibility index (Phi) is 3.15. The highest BCUT2D eigenvalue weighted by molar-refractivity contribution is 6.31. The van der Waals surface area contributed by atoms with E-state index in [1.165, 1.54) is 22.3 Å². The van der Waals surface area contributed by atoms with E-state index in [0.29, 0.717) is 0 Å². The molecule has 0 amide bonds. The smallest absolute Gasteiger partial charge is 0.0406 e. The predicted octanol–water partition coefficient (Wildman–Crippen LogP) is 5.70. The number of benzene rings is 2. The molecule has 1 aliphatic rings. The lowest BCUT2D eigenvalue weighted by Crippen LogP contribution is -2.02. The average Bonchev–Trinajstić information content (AvgIpc) is 2.33. The van der Waals surface area contributed by atoms with Crippen molar-refractivity contribution in [2.24, 2.45) is 0 Å². The third kappa shape index (κ3) is 2.19. The predicted molar refractivity (Wildman–Crippen MR) is 79.0 cm³/mol. The zero-order valence-corrected chi connectivity index (χ0v) is 11.3. The van der Waals surface area contributed by atoms with Gasteiger partial charge >= 0.3 is 0 Å². The summed E-state index contributed by atoms with van der Waals surface area (Å²) >= 11 is 11.8. The SMILES string of the molecule is Clc1ccc(C2=C(c3ccc(Cl)cc3)CC2)cc1. The highest BCUT2D eigenvalue weighted by Gasteiger charge is 2.19. The largest absolute Gasteiger partial charge is 0.0843 e. The number of hydrogen-bond acceptors (Lipinski definition) is 0. The highest BCUT2D eigenvalue weighted by Crippen LogP contribution is 2.42. The molecule has 1 aliphatic carbocycles. The van der Waals surface area contributed by atoms with Gasteiger partial charge in [0, 0.05) is 10.0 Å². The van der Waals surface area contributed by atoms with Crippen molar-refractivity contribution in [3.63, 3.8) is 0 Å². The van der Waals surface area contributed by atoms with Gasteiger partial charge in [-0.15, -0.1) is 0 Å². The number of rotatable bonds is 2. The number of allylic oxidation sites excluding steroid dienone is 2. The molecule has 0 unspecified atom stereocenters. The maximum absolute atomic E-state index is 5.92. The van der Waals surface area contributed by atoms with Crippen molar-refractivity contribution in [1.82, 2.24) is 0 Å². The van der Waals surface area contributed by atoms with Crippen LogP contribution >= 0.6 is 23.2 Å². The Bertz CT molecular complexity index is 536. The summed E-state index contributed by atoms with van der Waals surface area (Å²) < 4.78 is 0.